The summed E-state index contributed by atoms with van der Waals surface area (Å²) in [5, 5.41) is 3.80. The van der Waals surface area contributed by atoms with E-state index in [9.17, 15) is 0 Å². The molecule has 1 unspecified atom stereocenters. The molecule has 2 rings (SSSR count). The van der Waals surface area contributed by atoms with Gasteiger partial charge in [0.05, 0.1) is 0 Å². The van der Waals surface area contributed by atoms with Crippen molar-refractivity contribution in [3.05, 3.63) is 0 Å². The molecule has 0 aromatic rings. The zero-order chi connectivity index (χ0) is 9.10. The smallest absolute Gasteiger partial charge is 0.0161 e. The Labute approximate surface area is 86.0 Å². The maximum Gasteiger partial charge on any atom is 0.0161 e. The molecular weight excluding hydrogens is 178 g/mol. The molecule has 0 amide bonds. The minimum atomic E-state index is 0.775. The molecular formula is C11H21NS. The fourth-order valence-electron chi connectivity index (χ4n) is 2.32. The van der Waals surface area contributed by atoms with Gasteiger partial charge in [0.15, 0.2) is 0 Å². The molecule has 0 bridgehead atoms. The van der Waals surface area contributed by atoms with Gasteiger partial charge in [-0.25, -0.2) is 0 Å². The Morgan fingerprint density at radius 3 is 2.62 bits per heavy atom. The van der Waals surface area contributed by atoms with Crippen molar-refractivity contribution in [3.8, 4) is 0 Å². The van der Waals surface area contributed by atoms with E-state index in [1.54, 1.807) is 0 Å². The summed E-state index contributed by atoms with van der Waals surface area (Å²) in [7, 11) is 0. The van der Waals surface area contributed by atoms with Crippen LogP contribution in [0.15, 0.2) is 0 Å². The minimum absolute atomic E-state index is 0.775. The van der Waals surface area contributed by atoms with Crippen molar-refractivity contribution in [2.45, 2.75) is 51.1 Å². The van der Waals surface area contributed by atoms with Gasteiger partial charge in [-0.3, -0.25) is 0 Å². The van der Waals surface area contributed by atoms with Crippen molar-refractivity contribution in [1.82, 2.24) is 5.32 Å². The highest BCUT2D eigenvalue weighted by atomic mass is 32.2. The van der Waals surface area contributed by atoms with E-state index in [2.05, 4.69) is 24.0 Å². The predicted octanol–water partition coefficient (Wildman–Crippen LogP) is 2.66. The van der Waals surface area contributed by atoms with Gasteiger partial charge in [-0.2, -0.15) is 11.8 Å². The van der Waals surface area contributed by atoms with Gasteiger partial charge in [-0.1, -0.05) is 6.42 Å². The maximum atomic E-state index is 3.80. The van der Waals surface area contributed by atoms with Gasteiger partial charge in [0.25, 0.3) is 0 Å². The lowest BCUT2D eigenvalue weighted by Crippen LogP contribution is -2.45. The summed E-state index contributed by atoms with van der Waals surface area (Å²) in [6.45, 7) is 2.38. The first kappa shape index (κ1) is 9.85. The lowest BCUT2D eigenvalue weighted by molar-refractivity contribution is 0.227. The first-order chi connectivity index (χ1) is 6.36. The third-order valence-corrected chi connectivity index (χ3v) is 4.73. The molecule has 13 heavy (non-hydrogen) atoms. The number of hydrogen-bond acceptors (Lipinski definition) is 2. The lowest BCUT2D eigenvalue weighted by atomic mass is 9.80. The third-order valence-electron chi connectivity index (χ3n) is 3.52. The molecule has 1 N–H and O–H groups in total. The van der Waals surface area contributed by atoms with Crippen molar-refractivity contribution in [3.63, 3.8) is 0 Å². The van der Waals surface area contributed by atoms with Gasteiger partial charge in [0.2, 0.25) is 0 Å². The van der Waals surface area contributed by atoms with Crippen molar-refractivity contribution >= 4 is 11.8 Å². The number of thioether (sulfide) groups is 1. The van der Waals surface area contributed by atoms with Crippen LogP contribution in [0.25, 0.3) is 0 Å². The van der Waals surface area contributed by atoms with Crippen LogP contribution in [0.5, 0.6) is 0 Å². The Morgan fingerprint density at radius 2 is 2.08 bits per heavy atom. The average molecular weight is 199 g/mol. The van der Waals surface area contributed by atoms with E-state index in [-0.39, 0.29) is 0 Å². The van der Waals surface area contributed by atoms with Gasteiger partial charge in [0.1, 0.15) is 0 Å². The quantitative estimate of drug-likeness (QED) is 0.750. The molecule has 2 atom stereocenters. The highest BCUT2D eigenvalue weighted by Crippen LogP contribution is 2.30. The van der Waals surface area contributed by atoms with Gasteiger partial charge in [-0.15, -0.1) is 0 Å². The van der Waals surface area contributed by atoms with E-state index in [0.29, 0.717) is 0 Å². The van der Waals surface area contributed by atoms with Crippen LogP contribution in [0.1, 0.15) is 39.0 Å². The molecule has 76 valence electrons. The number of nitrogens with one attached hydrogen (secondary N) is 1. The van der Waals surface area contributed by atoms with E-state index in [0.717, 1.165) is 18.0 Å². The zero-order valence-corrected chi connectivity index (χ0v) is 9.41. The number of hydrogen-bond donors (Lipinski definition) is 1. The van der Waals surface area contributed by atoms with Gasteiger partial charge < -0.3 is 5.32 Å². The SMILES string of the molecule is C[C@H](NC1CCCSC1)C1CCC1. The van der Waals surface area contributed by atoms with E-state index in [1.165, 1.54) is 43.6 Å². The van der Waals surface area contributed by atoms with Crippen LogP contribution in [0.2, 0.25) is 0 Å². The van der Waals surface area contributed by atoms with Crippen molar-refractivity contribution in [1.29, 1.82) is 0 Å². The van der Waals surface area contributed by atoms with Crippen LogP contribution in [-0.4, -0.2) is 23.6 Å². The summed E-state index contributed by atoms with van der Waals surface area (Å²) >= 11 is 2.12. The highest BCUT2D eigenvalue weighted by Gasteiger charge is 2.26. The number of rotatable bonds is 3. The topological polar surface area (TPSA) is 12.0 Å². The normalized spacial score (nSPS) is 32.5. The largest absolute Gasteiger partial charge is 0.310 e. The van der Waals surface area contributed by atoms with E-state index in [4.69, 9.17) is 0 Å². The van der Waals surface area contributed by atoms with Crippen molar-refractivity contribution < 1.29 is 0 Å². The van der Waals surface area contributed by atoms with Gasteiger partial charge in [-0.05, 0) is 44.3 Å². The molecule has 0 radical (unpaired) electrons. The van der Waals surface area contributed by atoms with Crippen molar-refractivity contribution in [2.75, 3.05) is 11.5 Å². The highest BCUT2D eigenvalue weighted by molar-refractivity contribution is 7.99. The molecule has 0 aromatic carbocycles. The molecule has 1 saturated carbocycles. The lowest BCUT2D eigenvalue weighted by Gasteiger charge is -2.35. The molecule has 1 aliphatic heterocycles. The summed E-state index contributed by atoms with van der Waals surface area (Å²) in [6.07, 6.45) is 7.22. The minimum Gasteiger partial charge on any atom is -0.310 e. The molecule has 1 heterocycles. The van der Waals surface area contributed by atoms with Gasteiger partial charge >= 0.3 is 0 Å². The Bertz CT molecular complexity index is 150. The maximum absolute atomic E-state index is 3.80. The van der Waals surface area contributed by atoms with Crippen molar-refractivity contribution in [2.24, 2.45) is 5.92 Å². The van der Waals surface area contributed by atoms with E-state index in [1.807, 2.05) is 0 Å². The molecule has 1 nitrogen and oxygen atoms in total. The first-order valence-electron chi connectivity index (χ1n) is 5.70. The Hall–Kier alpha value is 0.310. The summed E-state index contributed by atoms with van der Waals surface area (Å²) in [6, 6.07) is 1.59. The van der Waals surface area contributed by atoms with E-state index >= 15 is 0 Å². The molecule has 0 aromatic heterocycles. The Kier molecular flexibility index (Phi) is 3.56. The standard InChI is InChI=1S/C11H21NS/c1-9(10-4-2-5-10)12-11-6-3-7-13-8-11/h9-12H,2-8H2,1H3/t9-,11?/m0/s1. The predicted molar refractivity (Wildman–Crippen MR) is 60.3 cm³/mol. The molecule has 1 saturated heterocycles. The average Bonchev–Trinajstić information content (AvgIpc) is 2.02. The van der Waals surface area contributed by atoms with Crippen LogP contribution in [-0.2, 0) is 0 Å². The zero-order valence-electron chi connectivity index (χ0n) is 8.59. The van der Waals surface area contributed by atoms with Crippen LogP contribution >= 0.6 is 11.8 Å². The first-order valence-corrected chi connectivity index (χ1v) is 6.85. The van der Waals surface area contributed by atoms with Crippen LogP contribution in [0.4, 0.5) is 0 Å². The van der Waals surface area contributed by atoms with Crippen LogP contribution in [0, 0.1) is 5.92 Å². The fraction of sp³-hybridized carbons (Fsp3) is 1.00. The summed E-state index contributed by atoms with van der Waals surface area (Å²) in [5.74, 6) is 3.72. The monoisotopic (exact) mass is 199 g/mol. The molecule has 2 heteroatoms. The summed E-state index contributed by atoms with van der Waals surface area (Å²) in [5.41, 5.74) is 0. The third kappa shape index (κ3) is 2.63. The van der Waals surface area contributed by atoms with Crippen LogP contribution in [0.3, 0.4) is 0 Å². The molecule has 2 aliphatic rings. The summed E-state index contributed by atoms with van der Waals surface area (Å²) in [4.78, 5) is 0. The molecule has 0 spiro atoms. The van der Waals surface area contributed by atoms with E-state index < -0.39 is 0 Å². The summed E-state index contributed by atoms with van der Waals surface area (Å²) < 4.78 is 0. The Balaban J connectivity index is 1.69. The Morgan fingerprint density at radius 1 is 1.23 bits per heavy atom. The second-order valence-corrected chi connectivity index (χ2v) is 5.71. The van der Waals surface area contributed by atoms with Crippen LogP contribution < -0.4 is 5.32 Å². The second-order valence-electron chi connectivity index (χ2n) is 4.56. The second kappa shape index (κ2) is 4.70. The van der Waals surface area contributed by atoms with Gasteiger partial charge in [0, 0.05) is 17.8 Å². The molecule has 2 fully saturated rings. The molecule has 1 aliphatic carbocycles. The fourth-order valence-corrected chi connectivity index (χ4v) is 3.40.